The lowest BCUT2D eigenvalue weighted by Gasteiger charge is -2.02. The van der Waals surface area contributed by atoms with Crippen molar-refractivity contribution in [3.63, 3.8) is 0 Å². The molecule has 0 fully saturated rings. The number of hydrogen-bond acceptors (Lipinski definition) is 4. The number of carbonyl (C=O) groups is 1. The highest BCUT2D eigenvalue weighted by molar-refractivity contribution is 9.10. The third-order valence-corrected chi connectivity index (χ3v) is 2.76. The first-order valence-corrected chi connectivity index (χ1v) is 6.46. The number of halogens is 1. The standard InChI is InChI=1S/C11H14BrN5O2/c1-19-8-17-7-10(5-14-17)15-11(18)2-3-16-6-9(12)4-13-16/h4-7H,2-3,8H2,1H3,(H,15,18). The number of nitrogens with one attached hydrogen (secondary N) is 1. The van der Waals surface area contributed by atoms with Crippen molar-refractivity contribution in [1.82, 2.24) is 19.6 Å². The topological polar surface area (TPSA) is 74.0 Å². The molecule has 0 spiro atoms. The SMILES string of the molecule is COCn1cc(NC(=O)CCn2cc(Br)cn2)cn1. The Balaban J connectivity index is 1.80. The predicted molar refractivity (Wildman–Crippen MR) is 72.4 cm³/mol. The first-order valence-electron chi connectivity index (χ1n) is 5.66. The highest BCUT2D eigenvalue weighted by atomic mass is 79.9. The summed E-state index contributed by atoms with van der Waals surface area (Å²) in [5.41, 5.74) is 0.656. The summed E-state index contributed by atoms with van der Waals surface area (Å²) in [4.78, 5) is 11.7. The van der Waals surface area contributed by atoms with Gasteiger partial charge in [-0.25, -0.2) is 4.68 Å². The van der Waals surface area contributed by atoms with Gasteiger partial charge >= 0.3 is 0 Å². The van der Waals surface area contributed by atoms with Gasteiger partial charge in [-0.2, -0.15) is 10.2 Å². The number of anilines is 1. The van der Waals surface area contributed by atoms with Gasteiger partial charge in [-0.3, -0.25) is 9.48 Å². The lowest BCUT2D eigenvalue weighted by atomic mass is 10.4. The second-order valence-corrected chi connectivity index (χ2v) is 4.82. The molecule has 0 atom stereocenters. The number of aromatic nitrogens is 4. The molecule has 2 rings (SSSR count). The quantitative estimate of drug-likeness (QED) is 0.872. The molecule has 0 unspecified atom stereocenters. The Labute approximate surface area is 118 Å². The van der Waals surface area contributed by atoms with Crippen LogP contribution in [0.3, 0.4) is 0 Å². The molecule has 7 nitrogen and oxygen atoms in total. The molecule has 1 N–H and O–H groups in total. The summed E-state index contributed by atoms with van der Waals surface area (Å²) in [7, 11) is 1.59. The van der Waals surface area contributed by atoms with Crippen molar-refractivity contribution in [2.75, 3.05) is 12.4 Å². The van der Waals surface area contributed by atoms with E-state index in [0.29, 0.717) is 25.4 Å². The lowest BCUT2D eigenvalue weighted by molar-refractivity contribution is -0.116. The van der Waals surface area contributed by atoms with Gasteiger partial charge in [-0.05, 0) is 15.9 Å². The van der Waals surface area contributed by atoms with E-state index in [1.807, 2.05) is 6.20 Å². The van der Waals surface area contributed by atoms with Crippen LogP contribution in [0.15, 0.2) is 29.3 Å². The predicted octanol–water partition coefficient (Wildman–Crippen LogP) is 1.47. The van der Waals surface area contributed by atoms with Crippen LogP contribution < -0.4 is 5.32 Å². The maximum Gasteiger partial charge on any atom is 0.226 e. The Morgan fingerprint density at radius 1 is 1.37 bits per heavy atom. The van der Waals surface area contributed by atoms with Crippen LogP contribution in [0.2, 0.25) is 0 Å². The number of aryl methyl sites for hydroxylation is 1. The third-order valence-electron chi connectivity index (χ3n) is 2.35. The van der Waals surface area contributed by atoms with E-state index in [2.05, 4.69) is 31.4 Å². The minimum absolute atomic E-state index is 0.0800. The molecule has 0 aliphatic rings. The smallest absolute Gasteiger partial charge is 0.226 e. The molecule has 19 heavy (non-hydrogen) atoms. The number of hydrogen-bond donors (Lipinski definition) is 1. The van der Waals surface area contributed by atoms with Crippen LogP contribution in [0.5, 0.6) is 0 Å². The Morgan fingerprint density at radius 2 is 2.16 bits per heavy atom. The molecule has 0 aliphatic carbocycles. The van der Waals surface area contributed by atoms with E-state index < -0.39 is 0 Å². The normalized spacial score (nSPS) is 10.6. The van der Waals surface area contributed by atoms with Gasteiger partial charge in [-0.15, -0.1) is 0 Å². The van der Waals surface area contributed by atoms with Crippen molar-refractivity contribution in [1.29, 1.82) is 0 Å². The van der Waals surface area contributed by atoms with Gasteiger partial charge in [0.25, 0.3) is 0 Å². The summed E-state index contributed by atoms with van der Waals surface area (Å²) < 4.78 is 9.13. The van der Waals surface area contributed by atoms with Crippen LogP contribution in [0.4, 0.5) is 5.69 Å². The van der Waals surface area contributed by atoms with E-state index in [-0.39, 0.29) is 5.91 Å². The molecule has 0 radical (unpaired) electrons. The first kappa shape index (κ1) is 13.8. The highest BCUT2D eigenvalue weighted by Gasteiger charge is 2.05. The van der Waals surface area contributed by atoms with Gasteiger partial charge < -0.3 is 10.1 Å². The number of nitrogens with zero attached hydrogens (tertiary/aromatic N) is 4. The summed E-state index contributed by atoms with van der Waals surface area (Å²) in [5, 5.41) is 10.9. The maximum atomic E-state index is 11.7. The first-order chi connectivity index (χ1) is 9.17. The minimum atomic E-state index is -0.0800. The van der Waals surface area contributed by atoms with Crippen LogP contribution >= 0.6 is 15.9 Å². The van der Waals surface area contributed by atoms with Gasteiger partial charge in [0.15, 0.2) is 0 Å². The van der Waals surface area contributed by atoms with Crippen LogP contribution in [0, 0.1) is 0 Å². The van der Waals surface area contributed by atoms with E-state index in [0.717, 1.165) is 4.47 Å². The van der Waals surface area contributed by atoms with E-state index in [1.54, 1.807) is 35.1 Å². The fraction of sp³-hybridized carbons (Fsp3) is 0.364. The fourth-order valence-electron chi connectivity index (χ4n) is 1.53. The Bertz CT molecular complexity index is 551. The Hall–Kier alpha value is -1.67. The minimum Gasteiger partial charge on any atom is -0.362 e. The molecular weight excluding hydrogens is 314 g/mol. The van der Waals surface area contributed by atoms with Gasteiger partial charge in [0.1, 0.15) is 6.73 Å². The largest absolute Gasteiger partial charge is 0.362 e. The van der Waals surface area contributed by atoms with Crippen molar-refractivity contribution in [3.05, 3.63) is 29.3 Å². The molecule has 2 aromatic heterocycles. The molecule has 102 valence electrons. The third kappa shape index (κ3) is 4.18. The average Bonchev–Trinajstić information content (AvgIpc) is 2.97. The summed E-state index contributed by atoms with van der Waals surface area (Å²) in [6.45, 7) is 0.890. The Kier molecular flexibility index (Phi) is 4.69. The molecule has 8 heteroatoms. The molecule has 0 aliphatic heterocycles. The lowest BCUT2D eigenvalue weighted by Crippen LogP contribution is -2.14. The van der Waals surface area contributed by atoms with Crippen molar-refractivity contribution in [2.24, 2.45) is 0 Å². The van der Waals surface area contributed by atoms with Crippen molar-refractivity contribution >= 4 is 27.5 Å². The number of carbonyl (C=O) groups excluding carboxylic acids is 1. The zero-order valence-electron chi connectivity index (χ0n) is 10.4. The van der Waals surface area contributed by atoms with Gasteiger partial charge in [0.05, 0.1) is 28.8 Å². The van der Waals surface area contributed by atoms with Crippen molar-refractivity contribution < 1.29 is 9.53 Å². The number of amides is 1. The van der Waals surface area contributed by atoms with Crippen LogP contribution in [-0.4, -0.2) is 32.6 Å². The van der Waals surface area contributed by atoms with Gasteiger partial charge in [0, 0.05) is 26.3 Å². The monoisotopic (exact) mass is 327 g/mol. The van der Waals surface area contributed by atoms with E-state index in [9.17, 15) is 4.79 Å². The molecule has 0 bridgehead atoms. The zero-order chi connectivity index (χ0) is 13.7. The molecule has 0 saturated carbocycles. The molecular formula is C11H14BrN5O2. The second kappa shape index (κ2) is 6.48. The van der Waals surface area contributed by atoms with Crippen LogP contribution in [-0.2, 0) is 22.8 Å². The number of ether oxygens (including phenoxy) is 1. The second-order valence-electron chi connectivity index (χ2n) is 3.91. The molecule has 1 amide bonds. The summed E-state index contributed by atoms with van der Waals surface area (Å²) in [6.07, 6.45) is 7.16. The maximum absolute atomic E-state index is 11.7. The average molecular weight is 328 g/mol. The number of rotatable bonds is 6. The van der Waals surface area contributed by atoms with E-state index >= 15 is 0 Å². The van der Waals surface area contributed by atoms with E-state index in [1.165, 1.54) is 0 Å². The summed E-state index contributed by atoms with van der Waals surface area (Å²) >= 11 is 3.30. The highest BCUT2D eigenvalue weighted by Crippen LogP contribution is 2.08. The number of methoxy groups -OCH3 is 1. The van der Waals surface area contributed by atoms with Crippen molar-refractivity contribution in [2.45, 2.75) is 19.7 Å². The Morgan fingerprint density at radius 3 is 2.84 bits per heavy atom. The zero-order valence-corrected chi connectivity index (χ0v) is 12.0. The van der Waals surface area contributed by atoms with Gasteiger partial charge in [0.2, 0.25) is 5.91 Å². The molecule has 0 aromatic carbocycles. The van der Waals surface area contributed by atoms with Crippen molar-refractivity contribution in [3.8, 4) is 0 Å². The molecule has 2 aromatic rings. The molecule has 0 saturated heterocycles. The summed E-state index contributed by atoms with van der Waals surface area (Å²) in [6, 6.07) is 0. The fourth-order valence-corrected chi connectivity index (χ4v) is 1.86. The molecule has 2 heterocycles. The van der Waals surface area contributed by atoms with Crippen LogP contribution in [0.25, 0.3) is 0 Å². The van der Waals surface area contributed by atoms with Crippen LogP contribution in [0.1, 0.15) is 6.42 Å². The van der Waals surface area contributed by atoms with E-state index in [4.69, 9.17) is 4.74 Å². The summed E-state index contributed by atoms with van der Waals surface area (Å²) in [5.74, 6) is -0.0800. The van der Waals surface area contributed by atoms with Gasteiger partial charge in [-0.1, -0.05) is 0 Å².